The van der Waals surface area contributed by atoms with Crippen molar-refractivity contribution < 1.29 is 9.44 Å². The number of carbonyl (C=O) groups is 1. The summed E-state index contributed by atoms with van der Waals surface area (Å²) in [5.41, 5.74) is 0. The van der Waals surface area contributed by atoms with Gasteiger partial charge in [-0.1, -0.05) is 0 Å². The van der Waals surface area contributed by atoms with Crippen molar-refractivity contribution in [1.82, 2.24) is 5.32 Å². The number of halogens is 1. The number of quaternary nitrogens is 1. The van der Waals surface area contributed by atoms with Crippen LogP contribution in [-0.2, 0) is 0 Å². The summed E-state index contributed by atoms with van der Waals surface area (Å²) in [5, 5.41) is 13.3. The van der Waals surface area contributed by atoms with Crippen molar-refractivity contribution in [2.75, 3.05) is 13.2 Å². The third-order valence-corrected chi connectivity index (χ3v) is 2.08. The fourth-order valence-electron chi connectivity index (χ4n) is 0.978. The van der Waals surface area contributed by atoms with E-state index in [1.165, 1.54) is 0 Å². The second kappa shape index (κ2) is 2.47. The lowest BCUT2D eigenvalue weighted by Gasteiger charge is -2.35. The Balaban J connectivity index is 2.75. The molecule has 1 N–H and O–H groups in total. The molecule has 0 spiro atoms. The van der Waals surface area contributed by atoms with Crippen LogP contribution in [0.15, 0.2) is 0 Å². The molecule has 2 atom stereocenters. The maximum absolute atomic E-state index is 11.3. The van der Waals surface area contributed by atoms with Crippen molar-refractivity contribution >= 4 is 17.0 Å². The Morgan fingerprint density at radius 1 is 1.90 bits per heavy atom. The van der Waals surface area contributed by atoms with Crippen LogP contribution < -0.4 is 5.32 Å². The molecule has 1 aliphatic heterocycles. The Bertz CT molecular complexity index is 164. The van der Waals surface area contributed by atoms with E-state index < -0.39 is 10.0 Å². The average molecular weight is 165 g/mol. The third-order valence-electron chi connectivity index (χ3n) is 1.80. The van der Waals surface area contributed by atoms with E-state index in [2.05, 4.69) is 5.32 Å². The lowest BCUT2D eigenvalue weighted by atomic mass is 10.3. The largest absolute Gasteiger partial charge is 0.623 e. The first kappa shape index (κ1) is 7.94. The quantitative estimate of drug-likeness (QED) is 0.247. The van der Waals surface area contributed by atoms with E-state index in [0.29, 0.717) is 6.54 Å². The molecule has 58 valence electrons. The first-order chi connectivity index (χ1) is 4.57. The number of hydroxylamine groups is 3. The van der Waals surface area contributed by atoms with Gasteiger partial charge in [-0.15, -0.1) is 0 Å². The maximum Gasteiger partial charge on any atom is 0.413 e. The molecule has 2 unspecified atom stereocenters. The molecule has 0 saturated carbocycles. The van der Waals surface area contributed by atoms with Crippen LogP contribution in [0.25, 0.3) is 0 Å². The third kappa shape index (κ3) is 1.03. The highest BCUT2D eigenvalue weighted by Crippen LogP contribution is 2.18. The van der Waals surface area contributed by atoms with Crippen LogP contribution in [0.4, 0.5) is 4.79 Å². The molecule has 0 aromatic carbocycles. The number of carbonyl (C=O) groups excluding carboxylic acids is 1. The predicted molar refractivity (Wildman–Crippen MR) is 37.2 cm³/mol. The van der Waals surface area contributed by atoms with Gasteiger partial charge in [-0.2, -0.15) is 0 Å². The fraction of sp³-hybridized carbons (Fsp3) is 0.800. The standard InChI is InChI=1S/C5H9ClN2O2/c1-4-2-7-3-8(4,10)5(6)9/h4,7H,2-3H2,1H3. The van der Waals surface area contributed by atoms with Gasteiger partial charge in [0.2, 0.25) is 0 Å². The van der Waals surface area contributed by atoms with Crippen LogP contribution in [0.3, 0.4) is 0 Å². The summed E-state index contributed by atoms with van der Waals surface area (Å²) in [6.07, 6.45) is 0. The second-order valence-electron chi connectivity index (χ2n) is 2.51. The number of hydrogen-bond donors (Lipinski definition) is 1. The Kier molecular flexibility index (Phi) is 1.96. The highest BCUT2D eigenvalue weighted by molar-refractivity contribution is 6.60. The van der Waals surface area contributed by atoms with Crippen molar-refractivity contribution in [3.63, 3.8) is 0 Å². The summed E-state index contributed by atoms with van der Waals surface area (Å²) < 4.78 is -0.943. The minimum atomic E-state index is -0.943. The molecule has 4 nitrogen and oxygen atoms in total. The van der Waals surface area contributed by atoms with Crippen molar-refractivity contribution in [3.05, 3.63) is 5.21 Å². The lowest BCUT2D eigenvalue weighted by Crippen LogP contribution is -2.48. The van der Waals surface area contributed by atoms with E-state index in [1.807, 2.05) is 0 Å². The number of hydrogen-bond acceptors (Lipinski definition) is 3. The van der Waals surface area contributed by atoms with Gasteiger partial charge in [0, 0.05) is 11.6 Å². The number of amides is 1. The Hall–Kier alpha value is -0.160. The normalized spacial score (nSPS) is 40.1. The Morgan fingerprint density at radius 2 is 2.50 bits per heavy atom. The van der Waals surface area contributed by atoms with Gasteiger partial charge in [0.15, 0.2) is 0 Å². The summed E-state index contributed by atoms with van der Waals surface area (Å²) in [6, 6.07) is -0.259. The maximum atomic E-state index is 11.3. The molecule has 0 aromatic heterocycles. The first-order valence-electron chi connectivity index (χ1n) is 3.07. The molecule has 0 bridgehead atoms. The zero-order valence-corrected chi connectivity index (χ0v) is 6.39. The molecular formula is C5H9ClN2O2. The molecule has 1 aliphatic rings. The number of nitrogens with zero attached hydrogens (tertiary/aromatic N) is 1. The summed E-state index contributed by atoms with van der Waals surface area (Å²) in [4.78, 5) is 10.6. The molecule has 0 aromatic rings. The highest BCUT2D eigenvalue weighted by Gasteiger charge is 2.36. The van der Waals surface area contributed by atoms with Gasteiger partial charge in [0.1, 0.15) is 12.7 Å². The van der Waals surface area contributed by atoms with E-state index in [4.69, 9.17) is 11.6 Å². The molecule has 5 heteroatoms. The minimum absolute atomic E-state index is 0.101. The zero-order chi connectivity index (χ0) is 7.78. The smallest absolute Gasteiger partial charge is 0.413 e. The van der Waals surface area contributed by atoms with Gasteiger partial charge in [0.05, 0.1) is 6.54 Å². The van der Waals surface area contributed by atoms with E-state index >= 15 is 0 Å². The van der Waals surface area contributed by atoms with Gasteiger partial charge in [-0.3, -0.25) is 9.96 Å². The fourth-order valence-corrected chi connectivity index (χ4v) is 1.20. The Morgan fingerprint density at radius 3 is 2.70 bits per heavy atom. The van der Waals surface area contributed by atoms with Crippen LogP contribution in [0.1, 0.15) is 6.92 Å². The molecule has 0 radical (unpaired) electrons. The van der Waals surface area contributed by atoms with E-state index in [-0.39, 0.29) is 12.7 Å². The molecule has 0 aliphatic carbocycles. The minimum Gasteiger partial charge on any atom is -0.623 e. The molecule has 1 rings (SSSR count). The van der Waals surface area contributed by atoms with Gasteiger partial charge in [-0.05, 0) is 6.92 Å². The molecule has 1 amide bonds. The monoisotopic (exact) mass is 164 g/mol. The van der Waals surface area contributed by atoms with Crippen LogP contribution in [-0.4, -0.2) is 29.3 Å². The molecule has 1 fully saturated rings. The van der Waals surface area contributed by atoms with E-state index in [1.54, 1.807) is 6.92 Å². The van der Waals surface area contributed by atoms with Crippen molar-refractivity contribution in [1.29, 1.82) is 0 Å². The zero-order valence-electron chi connectivity index (χ0n) is 5.63. The van der Waals surface area contributed by atoms with Crippen molar-refractivity contribution in [2.45, 2.75) is 13.0 Å². The van der Waals surface area contributed by atoms with E-state index in [9.17, 15) is 10.0 Å². The second-order valence-corrected chi connectivity index (χ2v) is 2.83. The average Bonchev–Trinajstić information content (AvgIpc) is 2.15. The van der Waals surface area contributed by atoms with Crippen molar-refractivity contribution in [2.24, 2.45) is 0 Å². The van der Waals surface area contributed by atoms with Gasteiger partial charge < -0.3 is 5.21 Å². The van der Waals surface area contributed by atoms with Gasteiger partial charge >= 0.3 is 5.37 Å². The van der Waals surface area contributed by atoms with E-state index in [0.717, 1.165) is 0 Å². The van der Waals surface area contributed by atoms with Crippen LogP contribution in [0, 0.1) is 5.21 Å². The SMILES string of the molecule is CC1CNC[N+]1([O-])C(=O)Cl. The van der Waals surface area contributed by atoms with Gasteiger partial charge in [-0.25, -0.2) is 4.79 Å². The van der Waals surface area contributed by atoms with Crippen molar-refractivity contribution in [3.8, 4) is 0 Å². The number of rotatable bonds is 0. The predicted octanol–water partition coefficient (Wildman–Crippen LogP) is 0.609. The molecule has 1 heterocycles. The topological polar surface area (TPSA) is 52.2 Å². The van der Waals surface area contributed by atoms with Crippen LogP contribution in [0.2, 0.25) is 0 Å². The van der Waals surface area contributed by atoms with Gasteiger partial charge in [0.25, 0.3) is 0 Å². The van der Waals surface area contributed by atoms with Crippen LogP contribution >= 0.6 is 11.6 Å². The summed E-state index contributed by atoms with van der Waals surface area (Å²) in [5.74, 6) is 0. The summed E-state index contributed by atoms with van der Waals surface area (Å²) in [7, 11) is 0. The number of nitrogens with one attached hydrogen (secondary N) is 1. The molecule has 1 saturated heterocycles. The summed E-state index contributed by atoms with van der Waals surface area (Å²) in [6.45, 7) is 2.36. The first-order valence-corrected chi connectivity index (χ1v) is 3.44. The summed E-state index contributed by atoms with van der Waals surface area (Å²) >= 11 is 5.10. The highest BCUT2D eigenvalue weighted by atomic mass is 35.5. The van der Waals surface area contributed by atoms with Crippen LogP contribution in [0.5, 0.6) is 0 Å². The Labute approximate surface area is 63.9 Å². The molecule has 10 heavy (non-hydrogen) atoms. The molecular weight excluding hydrogens is 156 g/mol. The lowest BCUT2D eigenvalue weighted by molar-refractivity contribution is -0.804.